The number of hydrazone groups is 1. The lowest BCUT2D eigenvalue weighted by Crippen LogP contribution is -2.45. The number of fused-ring (bicyclic) bond motifs is 1. The molecule has 0 saturated heterocycles. The quantitative estimate of drug-likeness (QED) is 0.741. The largest absolute Gasteiger partial charge is 0.454 e. The summed E-state index contributed by atoms with van der Waals surface area (Å²) in [5, 5.41) is 9.42. The smallest absolute Gasteiger partial charge is 0.317 e. The molecule has 32 heavy (non-hydrogen) atoms. The normalized spacial score (nSPS) is 16.8. The van der Waals surface area contributed by atoms with Gasteiger partial charge in [0.25, 0.3) is 5.91 Å². The molecule has 0 spiro atoms. The molecule has 0 saturated carbocycles. The third-order valence-electron chi connectivity index (χ3n) is 5.26. The highest BCUT2D eigenvalue weighted by molar-refractivity contribution is 6.34. The second-order valence-electron chi connectivity index (χ2n) is 8.06. The van der Waals surface area contributed by atoms with Crippen molar-refractivity contribution in [3.05, 3.63) is 58.6 Å². The number of benzene rings is 2. The van der Waals surface area contributed by atoms with Gasteiger partial charge in [-0.2, -0.15) is 5.10 Å². The van der Waals surface area contributed by atoms with Crippen LogP contribution >= 0.6 is 11.6 Å². The van der Waals surface area contributed by atoms with Gasteiger partial charge in [0.1, 0.15) is 6.54 Å². The van der Waals surface area contributed by atoms with Crippen LogP contribution in [-0.2, 0) is 4.79 Å². The molecule has 1 atom stereocenters. The summed E-state index contributed by atoms with van der Waals surface area (Å²) in [5.74, 6) is 1.01. The Morgan fingerprint density at radius 1 is 1.22 bits per heavy atom. The molecular formula is C23H25ClN4O4. The lowest BCUT2D eigenvalue weighted by Gasteiger charge is -2.25. The number of hydrogen-bond donors (Lipinski definition) is 1. The Kier molecular flexibility index (Phi) is 6.23. The summed E-state index contributed by atoms with van der Waals surface area (Å²) in [5.41, 5.74) is 2.35. The molecule has 2 heterocycles. The van der Waals surface area contributed by atoms with Gasteiger partial charge in [0.05, 0.1) is 11.8 Å². The number of amides is 3. The van der Waals surface area contributed by atoms with Gasteiger partial charge in [-0.3, -0.25) is 4.79 Å². The van der Waals surface area contributed by atoms with E-state index in [0.29, 0.717) is 28.7 Å². The Hall–Kier alpha value is -3.26. The van der Waals surface area contributed by atoms with E-state index in [9.17, 15) is 9.59 Å². The monoisotopic (exact) mass is 456 g/mol. The van der Waals surface area contributed by atoms with E-state index in [1.807, 2.05) is 50.2 Å². The number of nitrogens with zero attached hydrogens (tertiary/aromatic N) is 3. The molecule has 0 radical (unpaired) electrons. The zero-order valence-corrected chi connectivity index (χ0v) is 18.9. The van der Waals surface area contributed by atoms with E-state index in [1.54, 1.807) is 13.1 Å². The maximum absolute atomic E-state index is 13.2. The molecule has 2 aromatic rings. The highest BCUT2D eigenvalue weighted by atomic mass is 35.5. The number of ether oxygens (including phenoxy) is 2. The van der Waals surface area contributed by atoms with Crippen molar-refractivity contribution in [2.45, 2.75) is 32.4 Å². The molecule has 0 bridgehead atoms. The first kappa shape index (κ1) is 22.0. The number of rotatable bonds is 5. The summed E-state index contributed by atoms with van der Waals surface area (Å²) in [6.45, 7) is 3.79. The van der Waals surface area contributed by atoms with E-state index < -0.39 is 0 Å². The van der Waals surface area contributed by atoms with Crippen LogP contribution in [0.2, 0.25) is 5.02 Å². The molecule has 0 unspecified atom stereocenters. The molecule has 168 valence electrons. The van der Waals surface area contributed by atoms with Crippen LogP contribution in [0.5, 0.6) is 11.5 Å². The minimum atomic E-state index is -0.357. The highest BCUT2D eigenvalue weighted by Gasteiger charge is 2.35. The fraction of sp³-hybridized carbons (Fsp3) is 0.348. The van der Waals surface area contributed by atoms with Crippen molar-refractivity contribution < 1.29 is 19.1 Å². The van der Waals surface area contributed by atoms with Crippen LogP contribution in [0.25, 0.3) is 0 Å². The summed E-state index contributed by atoms with van der Waals surface area (Å²) in [6, 6.07) is 12.3. The number of halogens is 1. The summed E-state index contributed by atoms with van der Waals surface area (Å²) in [4.78, 5) is 26.9. The van der Waals surface area contributed by atoms with E-state index in [-0.39, 0.29) is 37.4 Å². The van der Waals surface area contributed by atoms with Gasteiger partial charge in [-0.05, 0) is 37.6 Å². The fourth-order valence-corrected chi connectivity index (χ4v) is 3.93. The number of nitrogens with one attached hydrogen (secondary N) is 1. The molecular weight excluding hydrogens is 432 g/mol. The SMILES string of the molecule is CC(C)NC(=O)N(C)CC(=O)N1N=C(c2ccccc2Cl)C[C@@H]1c1ccc2c(c1)OCO2. The van der Waals surface area contributed by atoms with E-state index in [4.69, 9.17) is 21.1 Å². The molecule has 0 fully saturated rings. The van der Waals surface area contributed by atoms with Crippen LogP contribution in [0.3, 0.4) is 0 Å². The molecule has 2 aliphatic heterocycles. The van der Waals surface area contributed by atoms with Gasteiger partial charge in [-0.25, -0.2) is 9.80 Å². The number of hydrogen-bond acceptors (Lipinski definition) is 5. The Bertz CT molecular complexity index is 1070. The number of urea groups is 1. The van der Waals surface area contributed by atoms with Crippen molar-refractivity contribution in [1.82, 2.24) is 15.2 Å². The molecule has 1 N–H and O–H groups in total. The third-order valence-corrected chi connectivity index (χ3v) is 5.59. The molecule has 2 aliphatic rings. The number of carbonyl (C=O) groups excluding carboxylic acids is 2. The Morgan fingerprint density at radius 3 is 2.72 bits per heavy atom. The molecule has 0 aliphatic carbocycles. The van der Waals surface area contributed by atoms with Crippen LogP contribution in [0.4, 0.5) is 4.79 Å². The topological polar surface area (TPSA) is 83.5 Å². The highest BCUT2D eigenvalue weighted by Crippen LogP contribution is 2.39. The van der Waals surface area contributed by atoms with Gasteiger partial charge in [-0.1, -0.05) is 35.9 Å². The fourth-order valence-electron chi connectivity index (χ4n) is 3.68. The van der Waals surface area contributed by atoms with Gasteiger partial charge in [0.2, 0.25) is 6.79 Å². The minimum Gasteiger partial charge on any atom is -0.454 e. The van der Waals surface area contributed by atoms with Crippen molar-refractivity contribution >= 4 is 29.3 Å². The molecule has 4 rings (SSSR count). The summed E-state index contributed by atoms with van der Waals surface area (Å²) < 4.78 is 10.9. The van der Waals surface area contributed by atoms with Crippen molar-refractivity contribution in [2.24, 2.45) is 5.10 Å². The van der Waals surface area contributed by atoms with Crippen LogP contribution in [0, 0.1) is 0 Å². The molecule has 9 heteroatoms. The van der Waals surface area contributed by atoms with Gasteiger partial charge in [-0.15, -0.1) is 0 Å². The second kappa shape index (κ2) is 9.08. The van der Waals surface area contributed by atoms with Gasteiger partial charge in [0, 0.05) is 30.1 Å². The zero-order valence-electron chi connectivity index (χ0n) is 18.2. The lowest BCUT2D eigenvalue weighted by atomic mass is 9.98. The lowest BCUT2D eigenvalue weighted by molar-refractivity contribution is -0.133. The first-order valence-electron chi connectivity index (χ1n) is 10.4. The molecule has 3 amide bonds. The average Bonchev–Trinajstić information content (AvgIpc) is 3.40. The maximum Gasteiger partial charge on any atom is 0.317 e. The first-order chi connectivity index (χ1) is 15.3. The molecule has 8 nitrogen and oxygen atoms in total. The van der Waals surface area contributed by atoms with Crippen LogP contribution in [0.1, 0.15) is 37.4 Å². The van der Waals surface area contributed by atoms with Crippen LogP contribution < -0.4 is 14.8 Å². The standard InChI is InChI=1S/C23H25ClN4O4/c1-14(2)25-23(30)27(3)12-22(29)28-19(15-8-9-20-21(10-15)32-13-31-20)11-18(26-28)16-6-4-5-7-17(16)24/h4-10,14,19H,11-13H2,1-3H3,(H,25,30)/t19-/m1/s1. The van der Waals surface area contributed by atoms with Gasteiger partial charge in [0.15, 0.2) is 11.5 Å². The van der Waals surface area contributed by atoms with Crippen LogP contribution in [0.15, 0.2) is 47.6 Å². The van der Waals surface area contributed by atoms with E-state index in [2.05, 4.69) is 10.4 Å². The summed E-state index contributed by atoms with van der Waals surface area (Å²) in [6.07, 6.45) is 0.483. The van der Waals surface area contributed by atoms with E-state index >= 15 is 0 Å². The minimum absolute atomic E-state index is 0.0296. The number of carbonyl (C=O) groups is 2. The van der Waals surface area contributed by atoms with Gasteiger partial charge >= 0.3 is 6.03 Å². The van der Waals surface area contributed by atoms with Crippen LogP contribution in [-0.4, -0.2) is 54.0 Å². The molecule has 0 aromatic heterocycles. The maximum atomic E-state index is 13.2. The predicted octanol–water partition coefficient (Wildman–Crippen LogP) is 3.80. The van der Waals surface area contributed by atoms with Crippen molar-refractivity contribution in [1.29, 1.82) is 0 Å². The molecule has 2 aromatic carbocycles. The first-order valence-corrected chi connectivity index (χ1v) is 10.8. The Balaban J connectivity index is 1.62. The van der Waals surface area contributed by atoms with Crippen molar-refractivity contribution in [3.63, 3.8) is 0 Å². The Labute approximate surface area is 191 Å². The van der Waals surface area contributed by atoms with E-state index in [0.717, 1.165) is 11.1 Å². The second-order valence-corrected chi connectivity index (χ2v) is 8.46. The van der Waals surface area contributed by atoms with Crippen molar-refractivity contribution in [2.75, 3.05) is 20.4 Å². The van der Waals surface area contributed by atoms with E-state index in [1.165, 1.54) is 9.91 Å². The van der Waals surface area contributed by atoms with Gasteiger partial charge < -0.3 is 19.7 Å². The zero-order chi connectivity index (χ0) is 22.8. The van der Waals surface area contributed by atoms with Crippen molar-refractivity contribution in [3.8, 4) is 11.5 Å². The average molecular weight is 457 g/mol. The Morgan fingerprint density at radius 2 is 1.97 bits per heavy atom. The summed E-state index contributed by atoms with van der Waals surface area (Å²) >= 11 is 6.39. The third kappa shape index (κ3) is 4.50. The predicted molar refractivity (Wildman–Crippen MR) is 121 cm³/mol. The summed E-state index contributed by atoms with van der Waals surface area (Å²) in [7, 11) is 1.58. The number of likely N-dealkylation sites (N-methyl/N-ethyl adjacent to an activating group) is 1.